The molecule has 0 unspecified atom stereocenters. The third-order valence-electron chi connectivity index (χ3n) is 3.39. The van der Waals surface area contributed by atoms with Gasteiger partial charge in [-0.25, -0.2) is 4.79 Å². The second-order valence-corrected chi connectivity index (χ2v) is 5.13. The Morgan fingerprint density at radius 3 is 2.35 bits per heavy atom. The van der Waals surface area contributed by atoms with Gasteiger partial charge >= 0.3 is 5.97 Å². The van der Waals surface area contributed by atoms with Crippen LogP contribution in [-0.4, -0.2) is 25.5 Å². The van der Waals surface area contributed by atoms with Gasteiger partial charge in [0.2, 0.25) is 0 Å². The second kappa shape index (κ2) is 8.73. The number of carbonyl (C=O) groups excluding carboxylic acids is 1. The molecule has 0 radical (unpaired) electrons. The van der Waals surface area contributed by atoms with Gasteiger partial charge in [0.25, 0.3) is 0 Å². The fourth-order valence-corrected chi connectivity index (χ4v) is 2.07. The maximum absolute atomic E-state index is 11.9. The van der Waals surface area contributed by atoms with Gasteiger partial charge in [0.1, 0.15) is 5.84 Å². The quantitative estimate of drug-likeness (QED) is 0.378. The predicted octanol–water partition coefficient (Wildman–Crippen LogP) is 4.13. The van der Waals surface area contributed by atoms with Crippen LogP contribution in [0.2, 0.25) is 0 Å². The smallest absolute Gasteiger partial charge is 0.338 e. The molecule has 2 rings (SSSR count). The fraction of sp³-hybridized carbons (Fsp3) is 0.263. The Hall–Kier alpha value is -2.62. The van der Waals surface area contributed by atoms with Crippen LogP contribution in [0.1, 0.15) is 35.7 Å². The van der Waals surface area contributed by atoms with Crippen molar-refractivity contribution >= 4 is 17.5 Å². The number of hydrogen-bond donors (Lipinski definition) is 1. The van der Waals surface area contributed by atoms with E-state index in [4.69, 9.17) is 4.74 Å². The molecule has 0 aromatic heterocycles. The number of nitrogens with one attached hydrogen (secondary N) is 1. The number of hydrogen-bond acceptors (Lipinski definition) is 3. The van der Waals surface area contributed by atoms with Crippen molar-refractivity contribution < 1.29 is 9.53 Å². The fourth-order valence-electron chi connectivity index (χ4n) is 2.07. The third kappa shape index (κ3) is 4.95. The highest BCUT2D eigenvalue weighted by molar-refractivity contribution is 6.08. The first-order valence-electron chi connectivity index (χ1n) is 7.81. The molecule has 2 aromatic rings. The molecule has 0 fully saturated rings. The van der Waals surface area contributed by atoms with Gasteiger partial charge in [-0.15, -0.1) is 0 Å². The molecule has 0 saturated heterocycles. The lowest BCUT2D eigenvalue weighted by Gasteiger charge is -2.10. The number of benzene rings is 2. The van der Waals surface area contributed by atoms with E-state index in [1.807, 2.05) is 42.5 Å². The summed E-state index contributed by atoms with van der Waals surface area (Å²) in [5.74, 6) is 0.501. The Kier molecular flexibility index (Phi) is 6.36. The van der Waals surface area contributed by atoms with E-state index in [1.165, 1.54) is 0 Å². The average molecular weight is 310 g/mol. The van der Waals surface area contributed by atoms with Gasteiger partial charge in [-0.1, -0.05) is 43.7 Å². The van der Waals surface area contributed by atoms with Crippen LogP contribution in [0.25, 0.3) is 0 Å². The van der Waals surface area contributed by atoms with Crippen molar-refractivity contribution in [2.45, 2.75) is 19.8 Å². The first-order chi connectivity index (χ1) is 11.2. The molecule has 0 bridgehead atoms. The normalized spacial score (nSPS) is 11.1. The molecule has 0 aliphatic heterocycles. The van der Waals surface area contributed by atoms with Gasteiger partial charge in [-0.05, 0) is 30.7 Å². The number of anilines is 1. The molecule has 0 spiro atoms. The van der Waals surface area contributed by atoms with Crippen LogP contribution in [0, 0.1) is 0 Å². The van der Waals surface area contributed by atoms with Crippen LogP contribution >= 0.6 is 0 Å². The number of nitrogens with zero attached hydrogens (tertiary/aromatic N) is 1. The van der Waals surface area contributed by atoms with Crippen LogP contribution in [0.3, 0.4) is 0 Å². The van der Waals surface area contributed by atoms with Gasteiger partial charge < -0.3 is 10.1 Å². The molecule has 0 heterocycles. The van der Waals surface area contributed by atoms with Crippen LogP contribution in [-0.2, 0) is 4.74 Å². The first-order valence-corrected chi connectivity index (χ1v) is 7.81. The summed E-state index contributed by atoms with van der Waals surface area (Å²) >= 11 is 0. The maximum Gasteiger partial charge on any atom is 0.338 e. The monoisotopic (exact) mass is 310 g/mol. The Morgan fingerprint density at radius 1 is 1.04 bits per heavy atom. The summed E-state index contributed by atoms with van der Waals surface area (Å²) in [5, 5.41) is 3.26. The van der Waals surface area contributed by atoms with E-state index >= 15 is 0 Å². The van der Waals surface area contributed by atoms with E-state index in [1.54, 1.807) is 19.2 Å². The minimum Gasteiger partial charge on any atom is -0.462 e. The van der Waals surface area contributed by atoms with Crippen LogP contribution in [0.5, 0.6) is 0 Å². The standard InChI is InChI=1S/C19H22N2O2/c1-3-4-14-23-19(22)16-10-12-17(13-11-16)21-18(20-2)15-8-6-5-7-9-15/h5-13H,3-4,14H2,1-2H3,(H,20,21). The molecule has 0 amide bonds. The van der Waals surface area contributed by atoms with Crippen LogP contribution in [0.4, 0.5) is 5.69 Å². The average Bonchev–Trinajstić information content (AvgIpc) is 2.61. The number of aliphatic imine (C=N–C) groups is 1. The van der Waals surface area contributed by atoms with E-state index in [-0.39, 0.29) is 5.97 Å². The second-order valence-electron chi connectivity index (χ2n) is 5.13. The minimum absolute atomic E-state index is 0.280. The van der Waals surface area contributed by atoms with Crippen molar-refractivity contribution in [2.75, 3.05) is 19.0 Å². The number of carbonyl (C=O) groups is 1. The zero-order chi connectivity index (χ0) is 16.5. The summed E-state index contributed by atoms with van der Waals surface area (Å²) in [6, 6.07) is 17.1. The summed E-state index contributed by atoms with van der Waals surface area (Å²) in [6.45, 7) is 2.53. The van der Waals surface area contributed by atoms with Gasteiger partial charge in [-0.3, -0.25) is 4.99 Å². The molecule has 2 aromatic carbocycles. The molecule has 0 atom stereocenters. The summed E-state index contributed by atoms with van der Waals surface area (Å²) < 4.78 is 5.20. The Labute approximate surface area is 137 Å². The molecule has 120 valence electrons. The first kappa shape index (κ1) is 16.7. The molecular weight excluding hydrogens is 288 g/mol. The van der Waals surface area contributed by atoms with Crippen molar-refractivity contribution in [2.24, 2.45) is 4.99 Å². The van der Waals surface area contributed by atoms with Crippen LogP contribution < -0.4 is 5.32 Å². The van der Waals surface area contributed by atoms with E-state index in [2.05, 4.69) is 17.2 Å². The van der Waals surface area contributed by atoms with Crippen molar-refractivity contribution in [1.82, 2.24) is 0 Å². The van der Waals surface area contributed by atoms with Gasteiger partial charge in [0, 0.05) is 18.3 Å². The highest BCUT2D eigenvalue weighted by atomic mass is 16.5. The third-order valence-corrected chi connectivity index (χ3v) is 3.39. The van der Waals surface area contributed by atoms with Crippen molar-refractivity contribution in [3.8, 4) is 0 Å². The lowest BCUT2D eigenvalue weighted by molar-refractivity contribution is 0.0500. The molecule has 1 N–H and O–H groups in total. The number of esters is 1. The van der Waals surface area contributed by atoms with E-state index < -0.39 is 0 Å². The maximum atomic E-state index is 11.9. The van der Waals surface area contributed by atoms with Gasteiger partial charge in [-0.2, -0.15) is 0 Å². The molecule has 0 aliphatic carbocycles. The Bertz CT molecular complexity index is 649. The molecular formula is C19H22N2O2. The van der Waals surface area contributed by atoms with Crippen LogP contribution in [0.15, 0.2) is 59.6 Å². The van der Waals surface area contributed by atoms with E-state index in [0.29, 0.717) is 12.2 Å². The summed E-state index contributed by atoms with van der Waals surface area (Å²) in [5.41, 5.74) is 2.44. The zero-order valence-electron chi connectivity index (χ0n) is 13.6. The van der Waals surface area contributed by atoms with E-state index in [9.17, 15) is 4.79 Å². The zero-order valence-corrected chi connectivity index (χ0v) is 13.6. The minimum atomic E-state index is -0.280. The molecule has 0 aliphatic rings. The highest BCUT2D eigenvalue weighted by Crippen LogP contribution is 2.13. The number of unbranched alkanes of at least 4 members (excludes halogenated alkanes) is 1. The van der Waals surface area contributed by atoms with E-state index in [0.717, 1.165) is 29.9 Å². The number of rotatable bonds is 6. The van der Waals surface area contributed by atoms with Crippen molar-refractivity contribution in [3.63, 3.8) is 0 Å². The summed E-state index contributed by atoms with van der Waals surface area (Å²) in [6.07, 6.45) is 1.90. The highest BCUT2D eigenvalue weighted by Gasteiger charge is 2.07. The molecule has 4 nitrogen and oxygen atoms in total. The van der Waals surface area contributed by atoms with Gasteiger partial charge in [0.15, 0.2) is 0 Å². The topological polar surface area (TPSA) is 50.7 Å². The summed E-state index contributed by atoms with van der Waals surface area (Å²) in [7, 11) is 1.74. The van der Waals surface area contributed by atoms with Gasteiger partial charge in [0.05, 0.1) is 12.2 Å². The Morgan fingerprint density at radius 2 is 1.74 bits per heavy atom. The molecule has 23 heavy (non-hydrogen) atoms. The van der Waals surface area contributed by atoms with Crippen molar-refractivity contribution in [1.29, 1.82) is 0 Å². The predicted molar refractivity (Wildman–Crippen MR) is 94.2 cm³/mol. The van der Waals surface area contributed by atoms with Crippen molar-refractivity contribution in [3.05, 3.63) is 65.7 Å². The molecule has 4 heteroatoms. The number of amidine groups is 1. The lowest BCUT2D eigenvalue weighted by Crippen LogP contribution is -2.13. The lowest BCUT2D eigenvalue weighted by atomic mass is 10.1. The largest absolute Gasteiger partial charge is 0.462 e. The Balaban J connectivity index is 2.01. The summed E-state index contributed by atoms with van der Waals surface area (Å²) in [4.78, 5) is 16.1. The molecule has 0 saturated carbocycles. The number of ether oxygens (including phenoxy) is 1. The SMILES string of the molecule is CCCCOC(=O)c1ccc(NC(=NC)c2ccccc2)cc1.